The van der Waals surface area contributed by atoms with Crippen molar-refractivity contribution in [3.05, 3.63) is 34.2 Å². The third-order valence-electron chi connectivity index (χ3n) is 2.01. The highest BCUT2D eigenvalue weighted by atomic mass is 16.4. The second-order valence-electron chi connectivity index (χ2n) is 3.09. The van der Waals surface area contributed by atoms with Gasteiger partial charge in [-0.2, -0.15) is 0 Å². The minimum absolute atomic E-state index is 0. The quantitative estimate of drug-likeness (QED) is 0.624. The first-order chi connectivity index (χ1) is 6.58. The molecule has 0 amide bonds. The van der Waals surface area contributed by atoms with Crippen LogP contribution < -0.4 is 5.63 Å². The molecule has 2 rings (SSSR count). The second-order valence-corrected chi connectivity index (χ2v) is 3.09. The van der Waals surface area contributed by atoms with E-state index in [0.29, 0.717) is 10.9 Å². The number of hydrogen-bond acceptors (Lipinski definition) is 4. The Kier molecular flexibility index (Phi) is 2.67. The number of rotatable bonds is 0. The van der Waals surface area contributed by atoms with E-state index in [0.717, 1.165) is 0 Å². The van der Waals surface area contributed by atoms with Gasteiger partial charge < -0.3 is 20.1 Å². The summed E-state index contributed by atoms with van der Waals surface area (Å²) >= 11 is 0. The van der Waals surface area contributed by atoms with Crippen molar-refractivity contribution in [3.8, 4) is 11.5 Å². The summed E-state index contributed by atoms with van der Waals surface area (Å²) in [6.07, 6.45) is 0. The van der Waals surface area contributed by atoms with Gasteiger partial charge >= 0.3 is 5.63 Å². The van der Waals surface area contributed by atoms with Crippen LogP contribution in [0.5, 0.6) is 11.5 Å². The summed E-state index contributed by atoms with van der Waals surface area (Å²) in [6, 6.07) is 3.79. The summed E-state index contributed by atoms with van der Waals surface area (Å²) in [5.41, 5.74) is 0.307. The zero-order valence-electron chi connectivity index (χ0n) is 7.94. The van der Waals surface area contributed by atoms with Gasteiger partial charge in [0.2, 0.25) is 0 Å². The number of aromatic hydroxyl groups is 2. The minimum Gasteiger partial charge on any atom is -0.508 e. The first kappa shape index (κ1) is 11.1. The molecular formula is C10H10O5. The van der Waals surface area contributed by atoms with E-state index in [2.05, 4.69) is 0 Å². The summed E-state index contributed by atoms with van der Waals surface area (Å²) in [5, 5.41) is 19.1. The second kappa shape index (κ2) is 3.62. The fraction of sp³-hybridized carbons (Fsp3) is 0.100. The third-order valence-corrected chi connectivity index (χ3v) is 2.01. The summed E-state index contributed by atoms with van der Waals surface area (Å²) in [5.74, 6) is -0.231. The Morgan fingerprint density at radius 3 is 2.53 bits per heavy atom. The molecule has 15 heavy (non-hydrogen) atoms. The van der Waals surface area contributed by atoms with E-state index in [4.69, 9.17) is 4.42 Å². The SMILES string of the molecule is Cc1cc(=O)oc2cc(O)cc(O)c12.O. The predicted octanol–water partition coefficient (Wildman–Crippen LogP) is 0.688. The fourth-order valence-electron chi connectivity index (χ4n) is 1.45. The number of benzene rings is 1. The molecule has 0 atom stereocenters. The maximum atomic E-state index is 11.0. The molecule has 0 aliphatic heterocycles. The number of hydrogen-bond donors (Lipinski definition) is 2. The average Bonchev–Trinajstić information content (AvgIpc) is 1.99. The molecule has 80 valence electrons. The summed E-state index contributed by atoms with van der Waals surface area (Å²) in [7, 11) is 0. The molecule has 4 N–H and O–H groups in total. The van der Waals surface area contributed by atoms with Crippen LogP contribution in [0.4, 0.5) is 0 Å². The molecule has 1 aromatic carbocycles. The van der Waals surface area contributed by atoms with Crippen molar-refractivity contribution in [1.29, 1.82) is 0 Å². The van der Waals surface area contributed by atoms with Crippen molar-refractivity contribution in [2.24, 2.45) is 0 Å². The maximum Gasteiger partial charge on any atom is 0.336 e. The van der Waals surface area contributed by atoms with Gasteiger partial charge in [0.1, 0.15) is 17.1 Å². The Morgan fingerprint density at radius 2 is 1.87 bits per heavy atom. The monoisotopic (exact) mass is 210 g/mol. The maximum absolute atomic E-state index is 11.0. The Morgan fingerprint density at radius 1 is 1.20 bits per heavy atom. The zero-order chi connectivity index (χ0) is 10.3. The molecule has 0 bridgehead atoms. The molecule has 0 aliphatic rings. The first-order valence-corrected chi connectivity index (χ1v) is 4.04. The number of phenolic OH excluding ortho intramolecular Hbond substituents is 2. The topological polar surface area (TPSA) is 102 Å². The Bertz CT molecular complexity index is 555. The van der Waals surface area contributed by atoms with Gasteiger partial charge in [-0.1, -0.05) is 0 Å². The van der Waals surface area contributed by atoms with E-state index in [1.54, 1.807) is 6.92 Å². The van der Waals surface area contributed by atoms with Gasteiger partial charge in [-0.05, 0) is 12.5 Å². The van der Waals surface area contributed by atoms with Crippen LogP contribution in [0.15, 0.2) is 27.4 Å². The van der Waals surface area contributed by atoms with E-state index in [1.807, 2.05) is 0 Å². The van der Waals surface area contributed by atoms with E-state index < -0.39 is 5.63 Å². The lowest BCUT2D eigenvalue weighted by Gasteiger charge is -2.03. The van der Waals surface area contributed by atoms with Gasteiger partial charge in [-0.3, -0.25) is 0 Å². The summed E-state index contributed by atoms with van der Waals surface area (Å²) in [4.78, 5) is 11.0. The van der Waals surface area contributed by atoms with E-state index >= 15 is 0 Å². The number of fused-ring (bicyclic) bond motifs is 1. The Hall–Kier alpha value is -2.01. The van der Waals surface area contributed by atoms with Crippen LogP contribution in [0.25, 0.3) is 11.0 Å². The van der Waals surface area contributed by atoms with Crippen molar-refractivity contribution in [1.82, 2.24) is 0 Å². The normalized spacial score (nSPS) is 9.93. The van der Waals surface area contributed by atoms with Gasteiger partial charge in [-0.25, -0.2) is 4.79 Å². The number of aryl methyl sites for hydroxylation is 1. The molecular weight excluding hydrogens is 200 g/mol. The van der Waals surface area contributed by atoms with E-state index in [1.165, 1.54) is 18.2 Å². The smallest absolute Gasteiger partial charge is 0.336 e. The zero-order valence-corrected chi connectivity index (χ0v) is 7.94. The molecule has 0 unspecified atom stereocenters. The Labute approximate surface area is 84.5 Å². The van der Waals surface area contributed by atoms with Crippen LogP contribution in [0.1, 0.15) is 5.56 Å². The highest BCUT2D eigenvalue weighted by molar-refractivity contribution is 5.87. The molecule has 0 fully saturated rings. The molecule has 1 heterocycles. The van der Waals surface area contributed by atoms with Crippen molar-refractivity contribution < 1.29 is 20.1 Å². The van der Waals surface area contributed by atoms with Gasteiger partial charge in [0.05, 0.1) is 5.39 Å². The van der Waals surface area contributed by atoms with Crippen LogP contribution in [0.3, 0.4) is 0 Å². The molecule has 0 spiro atoms. The predicted molar refractivity (Wildman–Crippen MR) is 54.2 cm³/mol. The standard InChI is InChI=1S/C10H8O4.H2O/c1-5-2-9(13)14-8-4-6(11)3-7(12)10(5)8;/h2-4,11-12H,1H3;1H2. The largest absolute Gasteiger partial charge is 0.508 e. The van der Waals surface area contributed by atoms with Crippen molar-refractivity contribution in [2.75, 3.05) is 0 Å². The van der Waals surface area contributed by atoms with Crippen molar-refractivity contribution >= 4 is 11.0 Å². The highest BCUT2D eigenvalue weighted by Gasteiger charge is 2.08. The van der Waals surface area contributed by atoms with E-state index in [9.17, 15) is 15.0 Å². The summed E-state index contributed by atoms with van der Waals surface area (Å²) < 4.78 is 4.83. The third kappa shape index (κ3) is 1.77. The van der Waals surface area contributed by atoms with Gasteiger partial charge in [0.15, 0.2) is 0 Å². The van der Waals surface area contributed by atoms with Gasteiger partial charge in [0.25, 0.3) is 0 Å². The lowest BCUT2D eigenvalue weighted by atomic mass is 10.1. The van der Waals surface area contributed by atoms with E-state index in [-0.39, 0.29) is 22.6 Å². The molecule has 5 heteroatoms. The first-order valence-electron chi connectivity index (χ1n) is 4.04. The van der Waals surface area contributed by atoms with Crippen LogP contribution in [0, 0.1) is 6.92 Å². The van der Waals surface area contributed by atoms with Crippen LogP contribution in [-0.2, 0) is 0 Å². The van der Waals surface area contributed by atoms with Gasteiger partial charge in [-0.15, -0.1) is 0 Å². The molecule has 0 saturated carbocycles. The highest BCUT2D eigenvalue weighted by Crippen LogP contribution is 2.30. The fourth-order valence-corrected chi connectivity index (χ4v) is 1.45. The van der Waals surface area contributed by atoms with Crippen LogP contribution in [0.2, 0.25) is 0 Å². The summed E-state index contributed by atoms with van der Waals surface area (Å²) in [6.45, 7) is 1.69. The van der Waals surface area contributed by atoms with Crippen molar-refractivity contribution in [3.63, 3.8) is 0 Å². The molecule has 0 aliphatic carbocycles. The lowest BCUT2D eigenvalue weighted by Crippen LogP contribution is -1.97. The van der Waals surface area contributed by atoms with Crippen LogP contribution >= 0.6 is 0 Å². The van der Waals surface area contributed by atoms with Crippen molar-refractivity contribution in [2.45, 2.75) is 6.92 Å². The number of phenols is 2. The van der Waals surface area contributed by atoms with Gasteiger partial charge in [0, 0.05) is 18.2 Å². The molecule has 5 nitrogen and oxygen atoms in total. The molecule has 0 radical (unpaired) electrons. The molecule has 1 aromatic heterocycles. The minimum atomic E-state index is -0.500. The molecule has 2 aromatic rings. The Balaban J connectivity index is 0.00000112. The molecule has 0 saturated heterocycles. The average molecular weight is 210 g/mol. The van der Waals surface area contributed by atoms with Crippen LogP contribution in [-0.4, -0.2) is 15.7 Å². The lowest BCUT2D eigenvalue weighted by molar-refractivity contribution is 0.451.